The summed E-state index contributed by atoms with van der Waals surface area (Å²) in [4.78, 5) is 24.6. The summed E-state index contributed by atoms with van der Waals surface area (Å²) in [6.45, 7) is 0.930. The van der Waals surface area contributed by atoms with Gasteiger partial charge in [-0.05, 0) is 17.7 Å². The van der Waals surface area contributed by atoms with Gasteiger partial charge < -0.3 is 9.30 Å². The lowest BCUT2D eigenvalue weighted by molar-refractivity contribution is 0.204. The lowest BCUT2D eigenvalue weighted by Crippen LogP contribution is -2.24. The highest BCUT2D eigenvalue weighted by molar-refractivity contribution is 7.99. The fourth-order valence-corrected chi connectivity index (χ4v) is 4.27. The number of ether oxygens (including phenoxy) is 1. The van der Waals surface area contributed by atoms with Gasteiger partial charge in [0.1, 0.15) is 29.7 Å². The van der Waals surface area contributed by atoms with Gasteiger partial charge in [-0.1, -0.05) is 17.8 Å². The van der Waals surface area contributed by atoms with Gasteiger partial charge in [-0.25, -0.2) is 24.9 Å². The van der Waals surface area contributed by atoms with Gasteiger partial charge in [-0.3, -0.25) is 4.90 Å². The van der Waals surface area contributed by atoms with Gasteiger partial charge in [0.15, 0.2) is 17.2 Å². The zero-order chi connectivity index (χ0) is 19.8. The Morgan fingerprint density at radius 1 is 1.14 bits per heavy atom. The standard InChI is InChI=1S/C19H14N8OS/c1-28-11-27-14-6-12(2-3-15(14)29-19-18(27)21-4-5-22-19)8-26-10-25-16-13(7-20)23-9-24-17(16)26/h2-6,9-10H,8,11H2,1H3. The van der Waals surface area contributed by atoms with Crippen molar-refractivity contribution in [3.8, 4) is 6.07 Å². The van der Waals surface area contributed by atoms with Crippen LogP contribution in [0.5, 0.6) is 0 Å². The number of aromatic nitrogens is 6. The van der Waals surface area contributed by atoms with Crippen LogP contribution < -0.4 is 4.90 Å². The van der Waals surface area contributed by atoms with Crippen LogP contribution >= 0.6 is 11.8 Å². The molecule has 0 saturated heterocycles. The van der Waals surface area contributed by atoms with Gasteiger partial charge in [-0.2, -0.15) is 5.26 Å². The summed E-state index contributed by atoms with van der Waals surface area (Å²) in [7, 11) is 1.66. The van der Waals surface area contributed by atoms with E-state index in [-0.39, 0.29) is 5.69 Å². The summed E-state index contributed by atoms with van der Waals surface area (Å²) in [6.07, 6.45) is 6.44. The molecule has 1 aliphatic rings. The lowest BCUT2D eigenvalue weighted by Gasteiger charge is -2.30. The van der Waals surface area contributed by atoms with E-state index in [4.69, 9.17) is 4.74 Å². The fraction of sp³-hybridized carbons (Fsp3) is 0.158. The summed E-state index contributed by atoms with van der Waals surface area (Å²) < 4.78 is 7.32. The van der Waals surface area contributed by atoms with Crippen molar-refractivity contribution in [2.45, 2.75) is 16.5 Å². The summed E-state index contributed by atoms with van der Waals surface area (Å²) in [6, 6.07) is 8.30. The quantitative estimate of drug-likeness (QED) is 0.509. The van der Waals surface area contributed by atoms with Crippen molar-refractivity contribution in [1.29, 1.82) is 5.26 Å². The largest absolute Gasteiger partial charge is 0.364 e. The van der Waals surface area contributed by atoms with E-state index >= 15 is 0 Å². The fourth-order valence-electron chi connectivity index (χ4n) is 3.29. The Morgan fingerprint density at radius 2 is 2.03 bits per heavy atom. The van der Waals surface area contributed by atoms with E-state index in [1.54, 1.807) is 37.6 Å². The molecule has 0 atom stereocenters. The normalized spacial score (nSPS) is 12.5. The van der Waals surface area contributed by atoms with Crippen LogP contribution in [0.2, 0.25) is 0 Å². The Balaban J connectivity index is 1.54. The molecule has 0 saturated carbocycles. The van der Waals surface area contributed by atoms with Gasteiger partial charge in [0.25, 0.3) is 0 Å². The van der Waals surface area contributed by atoms with Crippen LogP contribution in [0.3, 0.4) is 0 Å². The average Bonchev–Trinajstić information content (AvgIpc) is 3.17. The third-order valence-electron chi connectivity index (χ3n) is 4.54. The van der Waals surface area contributed by atoms with Gasteiger partial charge >= 0.3 is 0 Å². The number of anilines is 2. The molecule has 5 rings (SSSR count). The van der Waals surface area contributed by atoms with Crippen LogP contribution in [0.25, 0.3) is 11.2 Å². The molecule has 0 N–H and O–H groups in total. The van der Waals surface area contributed by atoms with E-state index in [0.717, 1.165) is 27.0 Å². The number of fused-ring (bicyclic) bond motifs is 3. The van der Waals surface area contributed by atoms with E-state index in [9.17, 15) is 5.26 Å². The minimum absolute atomic E-state index is 0.275. The van der Waals surface area contributed by atoms with Crippen molar-refractivity contribution < 1.29 is 4.74 Å². The molecule has 0 bridgehead atoms. The van der Waals surface area contributed by atoms with Gasteiger partial charge in [0.05, 0.1) is 18.6 Å². The number of benzene rings is 1. The molecule has 0 amide bonds. The Labute approximate surface area is 170 Å². The van der Waals surface area contributed by atoms with Gasteiger partial charge in [0.2, 0.25) is 0 Å². The maximum absolute atomic E-state index is 9.21. The SMILES string of the molecule is COCN1c2cc(Cn3cnc4c(C#N)ncnc43)ccc2Sc2nccnc21. The van der Waals surface area contributed by atoms with E-state index < -0.39 is 0 Å². The van der Waals surface area contributed by atoms with Crippen molar-refractivity contribution >= 4 is 34.4 Å². The first-order valence-corrected chi connectivity index (χ1v) is 9.54. The van der Waals surface area contributed by atoms with Crippen LogP contribution in [-0.4, -0.2) is 43.3 Å². The van der Waals surface area contributed by atoms with Crippen LogP contribution in [0, 0.1) is 11.3 Å². The lowest BCUT2D eigenvalue weighted by atomic mass is 10.2. The third kappa shape index (κ3) is 2.97. The molecule has 0 fully saturated rings. The Bertz CT molecular complexity index is 1260. The molecule has 10 heteroatoms. The summed E-state index contributed by atoms with van der Waals surface area (Å²) >= 11 is 1.59. The Morgan fingerprint density at radius 3 is 2.90 bits per heavy atom. The van der Waals surface area contributed by atoms with Gasteiger partial charge in [0, 0.05) is 24.4 Å². The van der Waals surface area contributed by atoms with Crippen molar-refractivity contribution in [2.75, 3.05) is 18.7 Å². The van der Waals surface area contributed by atoms with E-state index in [1.807, 2.05) is 9.47 Å². The second-order valence-electron chi connectivity index (χ2n) is 6.31. The molecular formula is C19H14N8OS. The average molecular weight is 402 g/mol. The summed E-state index contributed by atoms with van der Waals surface area (Å²) in [5.41, 5.74) is 3.49. The number of methoxy groups -OCH3 is 1. The van der Waals surface area contributed by atoms with Crippen molar-refractivity contribution in [1.82, 2.24) is 29.5 Å². The molecule has 0 aliphatic carbocycles. The predicted molar refractivity (Wildman–Crippen MR) is 106 cm³/mol. The van der Waals surface area contributed by atoms with Crippen LogP contribution in [0.15, 0.2) is 53.2 Å². The minimum Gasteiger partial charge on any atom is -0.364 e. The smallest absolute Gasteiger partial charge is 0.171 e. The van der Waals surface area contributed by atoms with Gasteiger partial charge in [-0.15, -0.1) is 0 Å². The summed E-state index contributed by atoms with van der Waals surface area (Å²) in [5.74, 6) is 0.781. The number of hydrogen-bond donors (Lipinski definition) is 0. The van der Waals surface area contributed by atoms with Crippen LogP contribution in [0.4, 0.5) is 11.5 Å². The highest BCUT2D eigenvalue weighted by Gasteiger charge is 2.26. The number of nitriles is 1. The van der Waals surface area contributed by atoms with E-state index in [0.29, 0.717) is 24.4 Å². The Hall–Kier alpha value is -3.55. The molecule has 0 spiro atoms. The monoisotopic (exact) mass is 402 g/mol. The van der Waals surface area contributed by atoms with Crippen LogP contribution in [0.1, 0.15) is 11.3 Å². The molecule has 1 aliphatic heterocycles. The van der Waals surface area contributed by atoms with E-state index in [1.165, 1.54) is 6.33 Å². The molecule has 4 aromatic rings. The number of imidazole rings is 1. The molecule has 4 heterocycles. The molecule has 29 heavy (non-hydrogen) atoms. The van der Waals surface area contributed by atoms with Crippen molar-refractivity contribution in [3.63, 3.8) is 0 Å². The minimum atomic E-state index is 0.275. The molecular weight excluding hydrogens is 388 g/mol. The second-order valence-corrected chi connectivity index (χ2v) is 7.34. The van der Waals surface area contributed by atoms with Crippen LogP contribution in [-0.2, 0) is 11.3 Å². The topological polar surface area (TPSA) is 106 Å². The molecule has 3 aromatic heterocycles. The zero-order valence-electron chi connectivity index (χ0n) is 15.3. The zero-order valence-corrected chi connectivity index (χ0v) is 16.2. The number of rotatable bonds is 4. The number of nitrogens with zero attached hydrogens (tertiary/aromatic N) is 8. The summed E-state index contributed by atoms with van der Waals surface area (Å²) in [5, 5.41) is 10.1. The Kier molecular flexibility index (Phi) is 4.31. The highest BCUT2D eigenvalue weighted by Crippen LogP contribution is 2.46. The maximum Gasteiger partial charge on any atom is 0.171 e. The first-order valence-electron chi connectivity index (χ1n) is 8.72. The molecule has 1 aromatic carbocycles. The van der Waals surface area contributed by atoms with Crippen molar-refractivity contribution in [3.05, 3.63) is 54.5 Å². The third-order valence-corrected chi connectivity index (χ3v) is 5.59. The molecule has 142 valence electrons. The molecule has 0 unspecified atom stereocenters. The highest BCUT2D eigenvalue weighted by atomic mass is 32.2. The number of hydrogen-bond acceptors (Lipinski definition) is 9. The second kappa shape index (κ2) is 7.12. The molecule has 9 nitrogen and oxygen atoms in total. The van der Waals surface area contributed by atoms with Crippen molar-refractivity contribution in [2.24, 2.45) is 0 Å². The van der Waals surface area contributed by atoms with E-state index in [2.05, 4.69) is 49.2 Å². The first-order chi connectivity index (χ1) is 14.3. The maximum atomic E-state index is 9.21. The first kappa shape index (κ1) is 17.5. The molecule has 0 radical (unpaired) electrons. The predicted octanol–water partition coefficient (Wildman–Crippen LogP) is 2.74.